The minimum atomic E-state index is -1.01. The van der Waals surface area contributed by atoms with Gasteiger partial charge < -0.3 is 24.8 Å². The molecule has 26 heavy (non-hydrogen) atoms. The molecule has 1 saturated heterocycles. The van der Waals surface area contributed by atoms with Crippen LogP contribution in [0.25, 0.3) is 11.1 Å². The molecule has 2 aliphatic heterocycles. The molecule has 1 amide bonds. The van der Waals surface area contributed by atoms with Crippen LogP contribution in [0.15, 0.2) is 36.5 Å². The first-order valence-corrected chi connectivity index (χ1v) is 8.25. The molecule has 8 nitrogen and oxygen atoms in total. The molecule has 0 saturated carbocycles. The van der Waals surface area contributed by atoms with E-state index in [-0.39, 0.29) is 25.9 Å². The average Bonchev–Trinajstić information content (AvgIpc) is 3.03. The van der Waals surface area contributed by atoms with Crippen molar-refractivity contribution < 1.29 is 29.6 Å². The van der Waals surface area contributed by atoms with Gasteiger partial charge in [0.05, 0.1) is 24.6 Å². The van der Waals surface area contributed by atoms with Gasteiger partial charge in [-0.2, -0.15) is 0 Å². The van der Waals surface area contributed by atoms with Gasteiger partial charge in [-0.1, -0.05) is 12.1 Å². The second-order valence-corrected chi connectivity index (χ2v) is 6.21. The lowest BCUT2D eigenvalue weighted by Crippen LogP contribution is -2.45. The number of nitrogens with zero attached hydrogens (tertiary/aromatic N) is 2. The van der Waals surface area contributed by atoms with E-state index in [0.717, 1.165) is 11.1 Å². The van der Waals surface area contributed by atoms with Gasteiger partial charge in [-0.3, -0.25) is 9.88 Å². The van der Waals surface area contributed by atoms with Crippen molar-refractivity contribution in [1.29, 1.82) is 0 Å². The molecule has 0 spiro atoms. The second-order valence-electron chi connectivity index (χ2n) is 6.21. The SMILES string of the molecule is O=C1O[C@@H](CO)[C@@H]2COc3cc(-c4ccc(C(O)CO)nc4)ccc3N12. The molecular weight excluding hydrogens is 340 g/mol. The van der Waals surface area contributed by atoms with Crippen LogP contribution < -0.4 is 9.64 Å². The van der Waals surface area contributed by atoms with E-state index < -0.39 is 18.3 Å². The van der Waals surface area contributed by atoms with Crippen molar-refractivity contribution in [2.75, 3.05) is 24.7 Å². The maximum Gasteiger partial charge on any atom is 0.415 e. The van der Waals surface area contributed by atoms with Crippen LogP contribution in [-0.4, -0.2) is 58.4 Å². The van der Waals surface area contributed by atoms with Gasteiger partial charge in [0.1, 0.15) is 24.5 Å². The highest BCUT2D eigenvalue weighted by Crippen LogP contribution is 2.40. The number of pyridine rings is 1. The smallest absolute Gasteiger partial charge is 0.415 e. The fraction of sp³-hybridized carbons (Fsp3) is 0.333. The molecule has 3 heterocycles. The molecular formula is C18H18N2O6. The lowest BCUT2D eigenvalue weighted by molar-refractivity contribution is 0.0734. The first-order valence-electron chi connectivity index (χ1n) is 8.25. The van der Waals surface area contributed by atoms with Crippen molar-refractivity contribution in [2.24, 2.45) is 0 Å². The van der Waals surface area contributed by atoms with E-state index in [2.05, 4.69) is 4.98 Å². The zero-order chi connectivity index (χ0) is 18.3. The number of aliphatic hydroxyl groups is 3. The number of amides is 1. The Bertz CT molecular complexity index is 825. The lowest BCUT2D eigenvalue weighted by atomic mass is 10.0. The predicted molar refractivity (Wildman–Crippen MR) is 90.8 cm³/mol. The van der Waals surface area contributed by atoms with Gasteiger partial charge in [0, 0.05) is 11.8 Å². The molecule has 2 aliphatic rings. The Balaban J connectivity index is 1.64. The Morgan fingerprint density at radius 1 is 1.23 bits per heavy atom. The predicted octanol–water partition coefficient (Wildman–Crippen LogP) is 0.853. The van der Waals surface area contributed by atoms with E-state index in [4.69, 9.17) is 14.6 Å². The number of hydrogen-bond donors (Lipinski definition) is 3. The van der Waals surface area contributed by atoms with E-state index in [1.807, 2.05) is 12.1 Å². The van der Waals surface area contributed by atoms with Crippen LogP contribution in [0, 0.1) is 0 Å². The van der Waals surface area contributed by atoms with Crippen molar-refractivity contribution in [1.82, 2.24) is 4.98 Å². The maximum absolute atomic E-state index is 12.1. The van der Waals surface area contributed by atoms with Crippen LogP contribution in [0.2, 0.25) is 0 Å². The van der Waals surface area contributed by atoms with Crippen molar-refractivity contribution in [3.8, 4) is 16.9 Å². The van der Waals surface area contributed by atoms with E-state index in [1.54, 1.807) is 24.4 Å². The highest BCUT2D eigenvalue weighted by Gasteiger charge is 2.46. The van der Waals surface area contributed by atoms with Gasteiger partial charge in [-0.15, -0.1) is 0 Å². The van der Waals surface area contributed by atoms with E-state index in [0.29, 0.717) is 17.1 Å². The summed E-state index contributed by atoms with van der Waals surface area (Å²) in [6.45, 7) is -0.393. The van der Waals surface area contributed by atoms with E-state index >= 15 is 0 Å². The molecule has 1 unspecified atom stereocenters. The molecule has 3 N–H and O–H groups in total. The first-order chi connectivity index (χ1) is 12.6. The number of rotatable bonds is 4. The van der Waals surface area contributed by atoms with Crippen LogP contribution >= 0.6 is 0 Å². The summed E-state index contributed by atoms with van der Waals surface area (Å²) in [5.41, 5.74) is 2.64. The van der Waals surface area contributed by atoms with Gasteiger partial charge in [0.15, 0.2) is 6.10 Å². The Hall–Kier alpha value is -2.68. The molecule has 136 valence electrons. The topological polar surface area (TPSA) is 112 Å². The highest BCUT2D eigenvalue weighted by atomic mass is 16.6. The summed E-state index contributed by atoms with van der Waals surface area (Å²) in [6, 6.07) is 8.52. The Labute approximate surface area is 149 Å². The average molecular weight is 358 g/mol. The van der Waals surface area contributed by atoms with Gasteiger partial charge in [0.25, 0.3) is 0 Å². The van der Waals surface area contributed by atoms with Crippen molar-refractivity contribution in [3.63, 3.8) is 0 Å². The molecule has 8 heteroatoms. The van der Waals surface area contributed by atoms with E-state index in [9.17, 15) is 15.0 Å². The quantitative estimate of drug-likeness (QED) is 0.743. The van der Waals surface area contributed by atoms with Crippen LogP contribution in [0.4, 0.5) is 10.5 Å². The monoisotopic (exact) mass is 358 g/mol. The Morgan fingerprint density at radius 3 is 2.73 bits per heavy atom. The number of cyclic esters (lactones) is 1. The Morgan fingerprint density at radius 2 is 2.04 bits per heavy atom. The normalized spacial score (nSPS) is 22.3. The summed E-state index contributed by atoms with van der Waals surface area (Å²) >= 11 is 0. The standard InChI is InChI=1S/C18H18N2O6/c21-7-15(23)12-3-1-11(6-19-12)10-2-4-13-16(5-10)25-9-14-17(8-22)26-18(24)20(13)14/h1-6,14-15,17,21-23H,7-9H2/t14-,15?,17-/m0/s1. The molecule has 4 rings (SSSR count). The number of benzene rings is 1. The number of carbonyl (C=O) groups is 1. The zero-order valence-corrected chi connectivity index (χ0v) is 13.8. The largest absolute Gasteiger partial charge is 0.489 e. The van der Waals surface area contributed by atoms with Crippen LogP contribution in [-0.2, 0) is 4.74 Å². The fourth-order valence-electron chi connectivity index (χ4n) is 3.23. The summed E-state index contributed by atoms with van der Waals surface area (Å²) < 4.78 is 11.0. The summed E-state index contributed by atoms with van der Waals surface area (Å²) in [5.74, 6) is 0.550. The number of aliphatic hydroxyl groups excluding tert-OH is 3. The minimum Gasteiger partial charge on any atom is -0.489 e. The molecule has 1 aromatic heterocycles. The van der Waals surface area contributed by atoms with Gasteiger partial charge in [-0.25, -0.2) is 4.79 Å². The maximum atomic E-state index is 12.1. The van der Waals surface area contributed by atoms with Crippen LogP contribution in [0.1, 0.15) is 11.8 Å². The molecule has 1 fully saturated rings. The third kappa shape index (κ3) is 2.68. The first kappa shape index (κ1) is 16.8. The number of fused-ring (bicyclic) bond motifs is 3. The number of ether oxygens (including phenoxy) is 2. The molecule has 0 aliphatic carbocycles. The van der Waals surface area contributed by atoms with Crippen molar-refractivity contribution >= 4 is 11.8 Å². The van der Waals surface area contributed by atoms with E-state index in [1.165, 1.54) is 4.90 Å². The number of aromatic nitrogens is 1. The van der Waals surface area contributed by atoms with Gasteiger partial charge in [0.2, 0.25) is 0 Å². The zero-order valence-electron chi connectivity index (χ0n) is 13.8. The van der Waals surface area contributed by atoms with Gasteiger partial charge in [-0.05, 0) is 23.8 Å². The van der Waals surface area contributed by atoms with Crippen molar-refractivity contribution in [2.45, 2.75) is 18.2 Å². The third-order valence-electron chi connectivity index (χ3n) is 4.65. The number of anilines is 1. The molecule has 0 radical (unpaired) electrons. The van der Waals surface area contributed by atoms with Crippen molar-refractivity contribution in [3.05, 3.63) is 42.2 Å². The highest BCUT2D eigenvalue weighted by molar-refractivity contribution is 5.94. The molecule has 1 aromatic carbocycles. The molecule has 3 atom stereocenters. The number of carbonyl (C=O) groups excluding carboxylic acids is 1. The third-order valence-corrected chi connectivity index (χ3v) is 4.65. The summed E-state index contributed by atoms with van der Waals surface area (Å²) in [5, 5.41) is 27.9. The summed E-state index contributed by atoms with van der Waals surface area (Å²) in [6.07, 6.45) is -0.484. The number of hydrogen-bond acceptors (Lipinski definition) is 7. The second kappa shape index (κ2) is 6.56. The minimum absolute atomic E-state index is 0.243. The lowest BCUT2D eigenvalue weighted by Gasteiger charge is -2.31. The van der Waals surface area contributed by atoms with Gasteiger partial charge >= 0.3 is 6.09 Å². The van der Waals surface area contributed by atoms with Crippen LogP contribution in [0.3, 0.4) is 0 Å². The summed E-state index contributed by atoms with van der Waals surface area (Å²) in [7, 11) is 0. The molecule has 0 bridgehead atoms. The fourth-order valence-corrected chi connectivity index (χ4v) is 3.23. The van der Waals surface area contributed by atoms with Crippen LogP contribution in [0.5, 0.6) is 5.75 Å². The molecule has 2 aromatic rings. The summed E-state index contributed by atoms with van der Waals surface area (Å²) in [4.78, 5) is 17.8. The Kier molecular flexibility index (Phi) is 4.23.